The molecule has 0 spiro atoms. The number of aromatic nitrogens is 2. The maximum atomic E-state index is 12.8. The van der Waals surface area contributed by atoms with Crippen LogP contribution >= 0.6 is 0 Å². The van der Waals surface area contributed by atoms with Crippen molar-refractivity contribution in [3.8, 4) is 22.8 Å². The first-order valence-corrected chi connectivity index (χ1v) is 11.3. The molecular formula is C25H24N4O5. The minimum absolute atomic E-state index is 0.0300. The molecule has 3 heterocycles. The van der Waals surface area contributed by atoms with E-state index >= 15 is 0 Å². The van der Waals surface area contributed by atoms with Gasteiger partial charge in [-0.3, -0.25) is 14.4 Å². The standard InChI is InChI=1S/C25H24N4O5/c30-23(26-19-5-1-2-6-20(19)28-12-3-7-24(28)31)16-29-25(32)11-9-18(27-29)17-8-10-21-22(15-17)34-14-4-13-33-21/h1-2,5-6,8-11,15H,3-4,7,12-14,16H2,(H,26,30). The van der Waals surface area contributed by atoms with Gasteiger partial charge in [-0.1, -0.05) is 12.1 Å². The van der Waals surface area contributed by atoms with Crippen molar-refractivity contribution < 1.29 is 19.1 Å². The molecule has 1 N–H and O–H groups in total. The molecule has 2 aliphatic rings. The van der Waals surface area contributed by atoms with Crippen molar-refractivity contribution in [3.63, 3.8) is 0 Å². The van der Waals surface area contributed by atoms with Crippen LogP contribution in [-0.4, -0.2) is 41.4 Å². The van der Waals surface area contributed by atoms with Crippen LogP contribution in [0.15, 0.2) is 59.4 Å². The Morgan fingerprint density at radius 3 is 2.62 bits per heavy atom. The number of amides is 2. The van der Waals surface area contributed by atoms with E-state index < -0.39 is 11.5 Å². The molecule has 34 heavy (non-hydrogen) atoms. The van der Waals surface area contributed by atoms with Crippen molar-refractivity contribution in [1.29, 1.82) is 0 Å². The SMILES string of the molecule is O=C(Cn1nc(-c2ccc3c(c2)OCCCO3)ccc1=O)Nc1ccccc1N1CCCC1=O. The fourth-order valence-electron chi connectivity index (χ4n) is 4.08. The zero-order chi connectivity index (χ0) is 23.5. The Kier molecular flexibility index (Phi) is 5.99. The van der Waals surface area contributed by atoms with Crippen LogP contribution in [-0.2, 0) is 16.1 Å². The second-order valence-electron chi connectivity index (χ2n) is 8.14. The monoisotopic (exact) mass is 460 g/mol. The summed E-state index contributed by atoms with van der Waals surface area (Å²) in [6, 6.07) is 15.6. The lowest BCUT2D eigenvalue weighted by Gasteiger charge is -2.20. The van der Waals surface area contributed by atoms with E-state index in [0.717, 1.165) is 23.1 Å². The molecule has 1 fully saturated rings. The smallest absolute Gasteiger partial charge is 0.267 e. The average molecular weight is 460 g/mol. The molecule has 0 aliphatic carbocycles. The summed E-state index contributed by atoms with van der Waals surface area (Å²) in [5.41, 5.74) is 2.06. The minimum Gasteiger partial charge on any atom is -0.490 e. The maximum absolute atomic E-state index is 12.8. The highest BCUT2D eigenvalue weighted by Crippen LogP contribution is 2.33. The summed E-state index contributed by atoms with van der Waals surface area (Å²) in [7, 11) is 0. The summed E-state index contributed by atoms with van der Waals surface area (Å²) in [4.78, 5) is 39.1. The van der Waals surface area contributed by atoms with Gasteiger partial charge in [0.25, 0.3) is 5.56 Å². The van der Waals surface area contributed by atoms with Gasteiger partial charge in [-0.15, -0.1) is 0 Å². The van der Waals surface area contributed by atoms with Gasteiger partial charge in [0.1, 0.15) is 6.54 Å². The fraction of sp³-hybridized carbons (Fsp3) is 0.280. The first kappa shape index (κ1) is 21.7. The zero-order valence-electron chi connectivity index (χ0n) is 18.5. The number of anilines is 2. The Bertz CT molecular complexity index is 1300. The molecule has 5 rings (SSSR count). The number of benzene rings is 2. The van der Waals surface area contributed by atoms with Gasteiger partial charge in [0.15, 0.2) is 11.5 Å². The van der Waals surface area contributed by atoms with Gasteiger partial charge in [0.2, 0.25) is 11.8 Å². The molecule has 174 valence electrons. The highest BCUT2D eigenvalue weighted by atomic mass is 16.5. The highest BCUT2D eigenvalue weighted by molar-refractivity contribution is 6.02. The molecule has 0 saturated carbocycles. The van der Waals surface area contributed by atoms with Gasteiger partial charge in [-0.05, 0) is 42.8 Å². The Morgan fingerprint density at radius 2 is 1.79 bits per heavy atom. The third kappa shape index (κ3) is 4.50. The van der Waals surface area contributed by atoms with Gasteiger partial charge >= 0.3 is 0 Å². The normalized spacial score (nSPS) is 15.2. The molecule has 0 unspecified atom stereocenters. The van der Waals surface area contributed by atoms with Crippen molar-refractivity contribution >= 4 is 23.2 Å². The number of rotatable bonds is 5. The predicted octanol–water partition coefficient (Wildman–Crippen LogP) is 2.84. The number of nitrogens with one attached hydrogen (secondary N) is 1. The third-order valence-corrected chi connectivity index (χ3v) is 5.75. The Labute approximate surface area is 195 Å². The van der Waals surface area contributed by atoms with E-state index in [1.165, 1.54) is 6.07 Å². The number of para-hydroxylation sites is 2. The molecule has 2 aromatic carbocycles. The van der Waals surface area contributed by atoms with E-state index in [-0.39, 0.29) is 12.5 Å². The van der Waals surface area contributed by atoms with Crippen molar-refractivity contribution in [2.75, 3.05) is 30.0 Å². The third-order valence-electron chi connectivity index (χ3n) is 5.75. The van der Waals surface area contributed by atoms with Gasteiger partial charge in [0, 0.05) is 31.0 Å². The molecule has 9 heteroatoms. The molecule has 1 aromatic heterocycles. The number of carbonyl (C=O) groups excluding carboxylic acids is 2. The van der Waals surface area contributed by atoms with Crippen LogP contribution in [0.2, 0.25) is 0 Å². The van der Waals surface area contributed by atoms with Crippen molar-refractivity contribution in [2.45, 2.75) is 25.8 Å². The Hall–Kier alpha value is -4.14. The van der Waals surface area contributed by atoms with Crippen LogP contribution in [0.1, 0.15) is 19.3 Å². The first-order valence-electron chi connectivity index (χ1n) is 11.3. The van der Waals surface area contributed by atoms with Crippen LogP contribution in [0.3, 0.4) is 0 Å². The fourth-order valence-corrected chi connectivity index (χ4v) is 4.08. The number of fused-ring (bicyclic) bond motifs is 1. The molecule has 2 aliphatic heterocycles. The molecule has 2 amide bonds. The van der Waals surface area contributed by atoms with Crippen LogP contribution < -0.4 is 25.2 Å². The van der Waals surface area contributed by atoms with Gasteiger partial charge in [-0.25, -0.2) is 4.68 Å². The van der Waals surface area contributed by atoms with Crippen LogP contribution in [0.5, 0.6) is 11.5 Å². The lowest BCUT2D eigenvalue weighted by atomic mass is 10.1. The van der Waals surface area contributed by atoms with E-state index in [9.17, 15) is 14.4 Å². The molecular weight excluding hydrogens is 436 g/mol. The van der Waals surface area contributed by atoms with E-state index in [4.69, 9.17) is 9.47 Å². The summed E-state index contributed by atoms with van der Waals surface area (Å²) >= 11 is 0. The topological polar surface area (TPSA) is 103 Å². The number of carbonyl (C=O) groups is 2. The van der Waals surface area contributed by atoms with Gasteiger partial charge in [-0.2, -0.15) is 5.10 Å². The predicted molar refractivity (Wildman–Crippen MR) is 126 cm³/mol. The van der Waals surface area contributed by atoms with Gasteiger partial charge in [0.05, 0.1) is 30.3 Å². The number of hydrogen-bond donors (Lipinski definition) is 1. The first-order chi connectivity index (χ1) is 16.6. The summed E-state index contributed by atoms with van der Waals surface area (Å²) in [6.45, 7) is 1.51. The summed E-state index contributed by atoms with van der Waals surface area (Å²) in [5.74, 6) is 0.913. The number of hydrogen-bond acceptors (Lipinski definition) is 6. The molecule has 3 aromatic rings. The minimum atomic E-state index is -0.412. The quantitative estimate of drug-likeness (QED) is 0.628. The van der Waals surface area contributed by atoms with Crippen molar-refractivity contribution in [3.05, 3.63) is 65.0 Å². The van der Waals surface area contributed by atoms with Crippen molar-refractivity contribution in [1.82, 2.24) is 9.78 Å². The second kappa shape index (κ2) is 9.38. The number of ether oxygens (including phenoxy) is 2. The van der Waals surface area contributed by atoms with E-state index in [2.05, 4.69) is 10.4 Å². The average Bonchev–Trinajstić information content (AvgIpc) is 3.12. The molecule has 1 saturated heterocycles. The van der Waals surface area contributed by atoms with Crippen LogP contribution in [0, 0.1) is 0 Å². The number of nitrogens with zero attached hydrogens (tertiary/aromatic N) is 3. The van der Waals surface area contributed by atoms with E-state index in [0.29, 0.717) is 54.7 Å². The molecule has 0 bridgehead atoms. The highest BCUT2D eigenvalue weighted by Gasteiger charge is 2.24. The lowest BCUT2D eigenvalue weighted by Crippen LogP contribution is -2.30. The lowest BCUT2D eigenvalue weighted by molar-refractivity contribution is -0.118. The van der Waals surface area contributed by atoms with Crippen LogP contribution in [0.25, 0.3) is 11.3 Å². The Morgan fingerprint density at radius 1 is 0.971 bits per heavy atom. The molecule has 0 radical (unpaired) electrons. The largest absolute Gasteiger partial charge is 0.490 e. The Balaban J connectivity index is 1.36. The summed E-state index contributed by atoms with van der Waals surface area (Å²) in [6.07, 6.45) is 2.08. The van der Waals surface area contributed by atoms with Crippen LogP contribution in [0.4, 0.5) is 11.4 Å². The molecule has 0 atom stereocenters. The summed E-state index contributed by atoms with van der Waals surface area (Å²) < 4.78 is 12.5. The van der Waals surface area contributed by atoms with Gasteiger partial charge < -0.3 is 19.7 Å². The molecule has 9 nitrogen and oxygen atoms in total. The zero-order valence-corrected chi connectivity index (χ0v) is 18.5. The van der Waals surface area contributed by atoms with E-state index in [1.54, 1.807) is 29.2 Å². The van der Waals surface area contributed by atoms with E-state index in [1.807, 2.05) is 24.3 Å². The van der Waals surface area contributed by atoms with Crippen molar-refractivity contribution in [2.24, 2.45) is 0 Å². The second-order valence-corrected chi connectivity index (χ2v) is 8.14. The summed E-state index contributed by atoms with van der Waals surface area (Å²) in [5, 5.41) is 7.21. The maximum Gasteiger partial charge on any atom is 0.267 e.